The monoisotopic (exact) mass is 291 g/mol. The summed E-state index contributed by atoms with van der Waals surface area (Å²) in [5.41, 5.74) is 0.446. The number of alkyl halides is 3. The molecule has 0 aliphatic heterocycles. The van der Waals surface area contributed by atoms with Crippen LogP contribution in [0.3, 0.4) is 0 Å². The third-order valence-corrected chi connectivity index (χ3v) is 2.43. The van der Waals surface area contributed by atoms with Crippen molar-refractivity contribution in [3.05, 3.63) is 17.7 Å². The third kappa shape index (κ3) is 5.73. The summed E-state index contributed by atoms with van der Waals surface area (Å²) in [6.07, 6.45) is -3.06. The molecule has 0 spiro atoms. The van der Waals surface area contributed by atoms with Gasteiger partial charge in [-0.2, -0.15) is 13.2 Å². The van der Waals surface area contributed by atoms with Crippen molar-refractivity contribution in [2.24, 2.45) is 0 Å². The molecule has 4 nitrogen and oxygen atoms in total. The van der Waals surface area contributed by atoms with Crippen LogP contribution < -0.4 is 10.1 Å². The van der Waals surface area contributed by atoms with E-state index in [0.717, 1.165) is 0 Å². The van der Waals surface area contributed by atoms with Crippen molar-refractivity contribution < 1.29 is 17.9 Å². The summed E-state index contributed by atoms with van der Waals surface area (Å²) >= 11 is 0. The van der Waals surface area contributed by atoms with Gasteiger partial charge >= 0.3 is 6.18 Å². The summed E-state index contributed by atoms with van der Waals surface area (Å²) in [4.78, 5) is 8.31. The van der Waals surface area contributed by atoms with E-state index in [2.05, 4.69) is 15.3 Å². The largest absolute Gasteiger partial charge is 0.481 e. The molecule has 0 radical (unpaired) electrons. The average molecular weight is 291 g/mol. The van der Waals surface area contributed by atoms with Crippen LogP contribution in [0, 0.1) is 0 Å². The van der Waals surface area contributed by atoms with Gasteiger partial charge in [-0.05, 0) is 0 Å². The smallest absolute Gasteiger partial charge is 0.422 e. The lowest BCUT2D eigenvalue weighted by Gasteiger charge is -2.15. The second-order valence-corrected chi connectivity index (χ2v) is 5.13. The van der Waals surface area contributed by atoms with Crippen molar-refractivity contribution in [3.8, 4) is 5.75 Å². The lowest BCUT2D eigenvalue weighted by Crippen LogP contribution is -2.25. The van der Waals surface area contributed by atoms with Crippen LogP contribution in [0.2, 0.25) is 0 Å². The molecule has 1 N–H and O–H groups in total. The molecule has 0 atom stereocenters. The van der Waals surface area contributed by atoms with Crippen LogP contribution in [-0.4, -0.2) is 28.8 Å². The molecule has 0 bridgehead atoms. The molecule has 0 aromatic carbocycles. The van der Waals surface area contributed by atoms with Gasteiger partial charge in [0.25, 0.3) is 0 Å². The summed E-state index contributed by atoms with van der Waals surface area (Å²) in [7, 11) is 0. The Morgan fingerprint density at radius 3 is 2.40 bits per heavy atom. The maximum absolute atomic E-state index is 12.2. The molecule has 1 rings (SSSR count). The van der Waals surface area contributed by atoms with Gasteiger partial charge < -0.3 is 10.1 Å². The lowest BCUT2D eigenvalue weighted by molar-refractivity contribution is -0.153. The fourth-order valence-electron chi connectivity index (χ4n) is 1.41. The molecular weight excluding hydrogens is 271 g/mol. The quantitative estimate of drug-likeness (QED) is 0.875. The standard InChI is InChI=1S/C13H20F3N3O/c1-8(2)12-18-6-11(20-7-13(14,15)16)10(19-12)5-17-9(3)4/h6,8-9,17H,5,7H2,1-4H3. The molecule has 0 aliphatic carbocycles. The van der Waals surface area contributed by atoms with Gasteiger partial charge in [-0.1, -0.05) is 27.7 Å². The maximum Gasteiger partial charge on any atom is 0.422 e. The van der Waals surface area contributed by atoms with E-state index in [1.54, 1.807) is 0 Å². The van der Waals surface area contributed by atoms with Crippen molar-refractivity contribution >= 4 is 0 Å². The zero-order valence-corrected chi connectivity index (χ0v) is 12.1. The predicted octanol–water partition coefficient (Wildman–Crippen LogP) is 3.04. The van der Waals surface area contributed by atoms with Gasteiger partial charge in [0.1, 0.15) is 5.82 Å². The Labute approximate surface area is 116 Å². The Balaban J connectivity index is 2.90. The van der Waals surface area contributed by atoms with Crippen molar-refractivity contribution in [2.75, 3.05) is 6.61 Å². The molecule has 0 saturated heterocycles. The number of hydrogen-bond donors (Lipinski definition) is 1. The van der Waals surface area contributed by atoms with E-state index in [1.165, 1.54) is 6.20 Å². The summed E-state index contributed by atoms with van der Waals surface area (Å²) in [5.74, 6) is 0.759. The van der Waals surface area contributed by atoms with E-state index in [-0.39, 0.29) is 17.7 Å². The minimum atomic E-state index is -4.38. The van der Waals surface area contributed by atoms with Crippen molar-refractivity contribution in [1.82, 2.24) is 15.3 Å². The first kappa shape index (κ1) is 16.7. The van der Waals surface area contributed by atoms with Gasteiger partial charge in [-0.25, -0.2) is 9.97 Å². The summed E-state index contributed by atoms with van der Waals surface area (Å²) in [5, 5.41) is 3.11. The molecule has 0 fully saturated rings. The highest BCUT2D eigenvalue weighted by molar-refractivity contribution is 5.25. The Morgan fingerprint density at radius 2 is 1.90 bits per heavy atom. The van der Waals surface area contributed by atoms with E-state index >= 15 is 0 Å². The fourth-order valence-corrected chi connectivity index (χ4v) is 1.41. The zero-order valence-electron chi connectivity index (χ0n) is 12.1. The van der Waals surface area contributed by atoms with Crippen molar-refractivity contribution in [2.45, 2.75) is 52.4 Å². The zero-order chi connectivity index (χ0) is 15.3. The summed E-state index contributed by atoms with van der Waals surface area (Å²) in [6.45, 7) is 6.73. The Kier molecular flexibility index (Phi) is 5.74. The summed E-state index contributed by atoms with van der Waals surface area (Å²) in [6, 6.07) is 0.197. The first-order chi connectivity index (χ1) is 9.19. The van der Waals surface area contributed by atoms with Gasteiger partial charge in [-0.3, -0.25) is 0 Å². The van der Waals surface area contributed by atoms with E-state index in [1.807, 2.05) is 27.7 Å². The molecule has 20 heavy (non-hydrogen) atoms. The van der Waals surface area contributed by atoms with Crippen LogP contribution in [0.15, 0.2) is 6.20 Å². The molecule has 0 amide bonds. The molecular formula is C13H20F3N3O. The second-order valence-electron chi connectivity index (χ2n) is 5.13. The van der Waals surface area contributed by atoms with Crippen LogP contribution >= 0.6 is 0 Å². The highest BCUT2D eigenvalue weighted by Gasteiger charge is 2.29. The van der Waals surface area contributed by atoms with E-state index in [9.17, 15) is 13.2 Å². The Bertz CT molecular complexity index is 433. The maximum atomic E-state index is 12.2. The molecule has 0 saturated carbocycles. The lowest BCUT2D eigenvalue weighted by atomic mass is 10.2. The van der Waals surface area contributed by atoms with E-state index < -0.39 is 12.8 Å². The topological polar surface area (TPSA) is 47.0 Å². The number of ether oxygens (including phenoxy) is 1. The Hall–Kier alpha value is -1.37. The van der Waals surface area contributed by atoms with Gasteiger partial charge in [-0.15, -0.1) is 0 Å². The second kappa shape index (κ2) is 6.88. The predicted molar refractivity (Wildman–Crippen MR) is 69.6 cm³/mol. The van der Waals surface area contributed by atoms with Crippen molar-refractivity contribution in [1.29, 1.82) is 0 Å². The fraction of sp³-hybridized carbons (Fsp3) is 0.692. The minimum absolute atomic E-state index is 0.0693. The van der Waals surface area contributed by atoms with Crippen LogP contribution in [0.4, 0.5) is 13.2 Å². The summed E-state index contributed by atoms with van der Waals surface area (Å²) < 4.78 is 41.4. The van der Waals surface area contributed by atoms with Gasteiger partial charge in [0.15, 0.2) is 12.4 Å². The third-order valence-electron chi connectivity index (χ3n) is 2.43. The normalized spacial score (nSPS) is 12.2. The number of nitrogens with one attached hydrogen (secondary N) is 1. The molecule has 1 heterocycles. The number of halogens is 3. The number of aromatic nitrogens is 2. The number of rotatable bonds is 6. The highest BCUT2D eigenvalue weighted by Crippen LogP contribution is 2.22. The first-order valence-electron chi connectivity index (χ1n) is 6.47. The molecule has 0 aliphatic rings. The molecule has 114 valence electrons. The highest BCUT2D eigenvalue weighted by atomic mass is 19.4. The first-order valence-corrected chi connectivity index (χ1v) is 6.47. The molecule has 0 unspecified atom stereocenters. The minimum Gasteiger partial charge on any atom is -0.481 e. The van der Waals surface area contributed by atoms with Crippen LogP contribution in [0.1, 0.15) is 45.1 Å². The van der Waals surface area contributed by atoms with E-state index in [4.69, 9.17) is 4.74 Å². The van der Waals surface area contributed by atoms with Gasteiger partial charge in [0.2, 0.25) is 0 Å². The molecule has 1 aromatic rings. The van der Waals surface area contributed by atoms with E-state index in [0.29, 0.717) is 18.1 Å². The molecule has 1 aromatic heterocycles. The van der Waals surface area contributed by atoms with Gasteiger partial charge in [0, 0.05) is 18.5 Å². The van der Waals surface area contributed by atoms with Crippen LogP contribution in [-0.2, 0) is 6.54 Å². The molecule has 7 heteroatoms. The SMILES string of the molecule is CC(C)NCc1nc(C(C)C)ncc1OCC(F)(F)F. The van der Waals surface area contributed by atoms with Crippen LogP contribution in [0.25, 0.3) is 0 Å². The van der Waals surface area contributed by atoms with Gasteiger partial charge in [0.05, 0.1) is 11.9 Å². The Morgan fingerprint density at radius 1 is 1.25 bits per heavy atom. The number of nitrogens with zero attached hydrogens (tertiary/aromatic N) is 2. The van der Waals surface area contributed by atoms with Crippen molar-refractivity contribution in [3.63, 3.8) is 0 Å². The number of hydrogen-bond acceptors (Lipinski definition) is 4. The average Bonchev–Trinajstić information content (AvgIpc) is 2.33. The van der Waals surface area contributed by atoms with Crippen LogP contribution in [0.5, 0.6) is 5.75 Å².